The molecule has 2 heterocycles. The molecule has 14 heteroatoms. The van der Waals surface area contributed by atoms with Gasteiger partial charge in [-0.15, -0.1) is 0 Å². The number of esters is 2. The highest BCUT2D eigenvalue weighted by atomic mass is 31.2. The van der Waals surface area contributed by atoms with E-state index in [1.165, 1.54) is 76.6 Å². The third kappa shape index (κ3) is 16.0. The number of imidazole rings is 1. The summed E-state index contributed by atoms with van der Waals surface area (Å²) in [4.78, 5) is 37.8. The van der Waals surface area contributed by atoms with E-state index < -0.39 is 25.6 Å². The summed E-state index contributed by atoms with van der Waals surface area (Å²) in [5.74, 6) is -0.146. The maximum Gasteiger partial charge on any atom is 0.342 e. The molecule has 1 unspecified atom stereocenters. The highest BCUT2D eigenvalue weighted by Gasteiger charge is 2.32. The molecule has 290 valence electrons. The first-order valence-corrected chi connectivity index (χ1v) is 21.0. The number of hydrogen-bond donors (Lipinski definition) is 2. The molecule has 0 bridgehead atoms. The number of ether oxygens (including phenoxy) is 3. The minimum Gasteiger partial charge on any atom is -0.465 e. The van der Waals surface area contributed by atoms with Crippen LogP contribution in [0, 0.1) is 0 Å². The molecule has 2 aromatic heterocycles. The quantitative estimate of drug-likeness (QED) is 0.0314. The molecule has 0 amide bonds. The van der Waals surface area contributed by atoms with Crippen LogP contribution in [0.1, 0.15) is 130 Å². The lowest BCUT2D eigenvalue weighted by Crippen LogP contribution is -2.36. The Morgan fingerprint density at radius 3 is 2.17 bits per heavy atom. The van der Waals surface area contributed by atoms with Gasteiger partial charge in [-0.25, -0.2) is 20.0 Å². The highest BCUT2D eigenvalue weighted by molar-refractivity contribution is 7.57. The van der Waals surface area contributed by atoms with Crippen molar-refractivity contribution in [2.24, 2.45) is 0 Å². The summed E-state index contributed by atoms with van der Waals surface area (Å²) in [5, 5.41) is 2.82. The van der Waals surface area contributed by atoms with Gasteiger partial charge in [0.25, 0.3) is 0 Å². The number of hydrogen-bond acceptors (Lipinski definition) is 11. The number of aromatic nitrogens is 4. The van der Waals surface area contributed by atoms with Crippen molar-refractivity contribution in [1.82, 2.24) is 24.6 Å². The van der Waals surface area contributed by atoms with E-state index in [2.05, 4.69) is 27.0 Å². The lowest BCUT2D eigenvalue weighted by Gasteiger charge is -2.25. The first-order valence-electron chi connectivity index (χ1n) is 19.2. The van der Waals surface area contributed by atoms with Crippen molar-refractivity contribution in [3.63, 3.8) is 0 Å². The second kappa shape index (κ2) is 23.9. The third-order valence-corrected chi connectivity index (χ3v) is 10.4. The van der Waals surface area contributed by atoms with Crippen molar-refractivity contribution >= 4 is 36.4 Å². The fraction of sp³-hybridized carbons (Fsp3) is 0.658. The Kier molecular flexibility index (Phi) is 19.7. The predicted octanol–water partition coefficient (Wildman–Crippen LogP) is 8.75. The average molecular weight is 745 g/mol. The predicted molar refractivity (Wildman–Crippen MR) is 204 cm³/mol. The van der Waals surface area contributed by atoms with Crippen molar-refractivity contribution in [3.8, 4) is 11.5 Å². The number of unbranched alkanes of at least 4 members (excludes halogenated alkanes) is 13. The Balaban J connectivity index is 1.50. The summed E-state index contributed by atoms with van der Waals surface area (Å²) in [5.41, 5.74) is 6.94. The van der Waals surface area contributed by atoms with Crippen molar-refractivity contribution in [2.75, 3.05) is 18.7 Å². The van der Waals surface area contributed by atoms with Crippen LogP contribution in [0.5, 0.6) is 11.5 Å². The van der Waals surface area contributed by atoms with E-state index in [4.69, 9.17) is 24.5 Å². The van der Waals surface area contributed by atoms with Crippen LogP contribution in [0.2, 0.25) is 0 Å². The van der Waals surface area contributed by atoms with Crippen LogP contribution in [0.4, 0.5) is 5.82 Å². The number of anilines is 1. The van der Waals surface area contributed by atoms with E-state index in [0.29, 0.717) is 24.1 Å². The van der Waals surface area contributed by atoms with Gasteiger partial charge < -0.3 is 29.0 Å². The van der Waals surface area contributed by atoms with Crippen molar-refractivity contribution < 1.29 is 32.9 Å². The van der Waals surface area contributed by atoms with Gasteiger partial charge in [-0.2, -0.15) is 0 Å². The second-order valence-corrected chi connectivity index (χ2v) is 15.6. The molecular formula is C38H61N6O7P. The number of carbonyl (C=O) groups excluding carboxylic acids is 2. The van der Waals surface area contributed by atoms with Gasteiger partial charge in [-0.05, 0) is 38.8 Å². The van der Waals surface area contributed by atoms with Gasteiger partial charge >= 0.3 is 19.5 Å². The number of nitrogen functional groups attached to an aromatic ring is 1. The van der Waals surface area contributed by atoms with Crippen LogP contribution >= 0.6 is 7.52 Å². The van der Waals surface area contributed by atoms with E-state index in [1.54, 1.807) is 42.9 Å². The molecule has 3 rings (SSSR count). The summed E-state index contributed by atoms with van der Waals surface area (Å²) >= 11 is 0. The minimum absolute atomic E-state index is 0.192. The molecule has 3 aromatic rings. The topological polar surface area (TPSA) is 170 Å². The van der Waals surface area contributed by atoms with Crippen LogP contribution in [-0.2, 0) is 30.2 Å². The second-order valence-electron chi connectivity index (χ2n) is 13.5. The number of fused-ring (bicyclic) bond motifs is 1. The van der Waals surface area contributed by atoms with Crippen LogP contribution < -0.4 is 20.1 Å². The maximum atomic E-state index is 14.2. The molecular weight excluding hydrogens is 683 g/mol. The monoisotopic (exact) mass is 744 g/mol. The Morgan fingerprint density at radius 1 is 0.865 bits per heavy atom. The van der Waals surface area contributed by atoms with Gasteiger partial charge in [0.2, 0.25) is 0 Å². The van der Waals surface area contributed by atoms with E-state index in [-0.39, 0.29) is 36.2 Å². The minimum atomic E-state index is -3.87. The summed E-state index contributed by atoms with van der Waals surface area (Å²) < 4.78 is 38.9. The summed E-state index contributed by atoms with van der Waals surface area (Å²) in [6.45, 7) is 8.20. The molecule has 1 aromatic carbocycles. The number of nitrogens with two attached hydrogens (primary N) is 1. The number of nitrogens with zero attached hydrogens (tertiary/aromatic N) is 4. The van der Waals surface area contributed by atoms with E-state index >= 15 is 0 Å². The Morgan fingerprint density at radius 2 is 1.50 bits per heavy atom. The molecule has 52 heavy (non-hydrogen) atoms. The SMILES string of the molecule is CCCCCCCCCCCCCCCC(=O)Oc1cccc(OP(=O)(CO[C@H](C)Cn2cnc3c(N)ncnc32)N[C@@H](C)C(=O)OCCCC)c1. The molecule has 0 saturated carbocycles. The summed E-state index contributed by atoms with van der Waals surface area (Å²) in [6, 6.07) is 5.46. The molecule has 0 spiro atoms. The van der Waals surface area contributed by atoms with Crippen LogP contribution in [-0.4, -0.2) is 56.6 Å². The zero-order valence-corrected chi connectivity index (χ0v) is 32.6. The van der Waals surface area contributed by atoms with E-state index in [9.17, 15) is 14.2 Å². The largest absolute Gasteiger partial charge is 0.465 e. The standard InChI is InChI=1S/C38H61N6O7P/c1-5-7-9-10-11-12-13-14-15-16-17-18-19-23-34(45)50-32-21-20-22-33(25-32)51-52(47,43-31(4)38(46)48-24-8-6-2)29-49-30(3)26-44-28-42-35-36(39)40-27-41-37(35)44/h20-22,25,27-28,30-31H,5-19,23-24,26,29H2,1-4H3,(H,43,47)(H2,39,40,41)/t30-,31+,52?/m1/s1. The van der Waals surface area contributed by atoms with Gasteiger partial charge in [0.1, 0.15) is 35.7 Å². The molecule has 3 N–H and O–H groups in total. The van der Waals surface area contributed by atoms with E-state index in [0.717, 1.165) is 32.1 Å². The fourth-order valence-electron chi connectivity index (χ4n) is 5.70. The van der Waals surface area contributed by atoms with Gasteiger partial charge in [0.05, 0.1) is 25.6 Å². The summed E-state index contributed by atoms with van der Waals surface area (Å²) in [6.07, 6.45) is 20.0. The lowest BCUT2D eigenvalue weighted by atomic mass is 10.0. The number of benzene rings is 1. The smallest absolute Gasteiger partial charge is 0.342 e. The maximum absolute atomic E-state index is 14.2. The normalized spacial score (nSPS) is 13.8. The zero-order chi connectivity index (χ0) is 37.6. The summed E-state index contributed by atoms with van der Waals surface area (Å²) in [7, 11) is -3.87. The average Bonchev–Trinajstić information content (AvgIpc) is 3.53. The van der Waals surface area contributed by atoms with Crippen molar-refractivity contribution in [2.45, 2.75) is 149 Å². The van der Waals surface area contributed by atoms with Gasteiger partial charge in [-0.1, -0.05) is 103 Å². The van der Waals surface area contributed by atoms with Crippen LogP contribution in [0.3, 0.4) is 0 Å². The Labute approximate surface area is 309 Å². The first kappa shape index (κ1) is 42.9. The van der Waals surface area contributed by atoms with E-state index in [1.807, 2.05) is 6.92 Å². The fourth-order valence-corrected chi connectivity index (χ4v) is 7.48. The van der Waals surface area contributed by atoms with Gasteiger partial charge in [-0.3, -0.25) is 14.2 Å². The molecule has 0 fully saturated rings. The number of rotatable bonds is 28. The molecule has 0 radical (unpaired) electrons. The third-order valence-electron chi connectivity index (χ3n) is 8.67. The molecule has 0 saturated heterocycles. The molecule has 0 aliphatic rings. The molecule has 0 aliphatic carbocycles. The number of carbonyl (C=O) groups is 2. The molecule has 13 nitrogen and oxygen atoms in total. The first-order chi connectivity index (χ1) is 25.1. The van der Waals surface area contributed by atoms with Crippen LogP contribution in [0.15, 0.2) is 36.9 Å². The Bertz CT molecular complexity index is 1540. The van der Waals surface area contributed by atoms with Crippen molar-refractivity contribution in [3.05, 3.63) is 36.9 Å². The van der Waals surface area contributed by atoms with Gasteiger partial charge in [0.15, 0.2) is 11.5 Å². The lowest BCUT2D eigenvalue weighted by molar-refractivity contribution is -0.145. The molecule has 3 atom stereocenters. The van der Waals surface area contributed by atoms with Crippen molar-refractivity contribution in [1.29, 1.82) is 0 Å². The molecule has 0 aliphatic heterocycles. The Hall–Kier alpha value is -3.54. The van der Waals surface area contributed by atoms with Gasteiger partial charge in [0, 0.05) is 12.5 Å². The van der Waals surface area contributed by atoms with Crippen LogP contribution in [0.25, 0.3) is 11.2 Å². The zero-order valence-electron chi connectivity index (χ0n) is 31.7. The highest BCUT2D eigenvalue weighted by Crippen LogP contribution is 2.44. The number of nitrogens with one attached hydrogen (secondary N) is 1.